The first-order chi connectivity index (χ1) is 16.4. The van der Waals surface area contributed by atoms with Gasteiger partial charge in [-0.3, -0.25) is 13.9 Å². The Balaban J connectivity index is 2.40. The Labute approximate surface area is 217 Å². The zero-order valence-electron chi connectivity index (χ0n) is 20.4. The summed E-state index contributed by atoms with van der Waals surface area (Å²) in [5, 5.41) is 3.29. The molecule has 0 heterocycles. The molecule has 192 valence electrons. The van der Waals surface area contributed by atoms with Crippen LogP contribution in [0.15, 0.2) is 42.5 Å². The van der Waals surface area contributed by atoms with Crippen LogP contribution in [0.5, 0.6) is 5.75 Å². The molecule has 0 unspecified atom stereocenters. The molecule has 2 atom stereocenters. The molecule has 0 fully saturated rings. The Hall–Kier alpha value is -2.49. The van der Waals surface area contributed by atoms with Crippen LogP contribution in [0.1, 0.15) is 32.8 Å². The number of hydrogen-bond donors (Lipinski definition) is 1. The maximum atomic E-state index is 13.5. The number of carbonyl (C=O) groups excluding carboxylic acids is 2. The number of benzene rings is 2. The summed E-state index contributed by atoms with van der Waals surface area (Å²) < 4.78 is 31.3. The van der Waals surface area contributed by atoms with Gasteiger partial charge in [0, 0.05) is 12.6 Å². The Bertz CT molecular complexity index is 1140. The van der Waals surface area contributed by atoms with Gasteiger partial charge < -0.3 is 15.0 Å². The highest BCUT2D eigenvalue weighted by Crippen LogP contribution is 2.28. The summed E-state index contributed by atoms with van der Waals surface area (Å²) in [5.74, 6) is -0.233. The number of anilines is 1. The fourth-order valence-electron chi connectivity index (χ4n) is 3.23. The number of nitrogens with zero attached hydrogens (tertiary/aromatic N) is 2. The van der Waals surface area contributed by atoms with Gasteiger partial charge in [-0.1, -0.05) is 42.3 Å². The summed E-state index contributed by atoms with van der Waals surface area (Å²) in [4.78, 5) is 27.8. The highest BCUT2D eigenvalue weighted by Gasteiger charge is 2.30. The molecule has 0 saturated heterocycles. The second-order valence-corrected chi connectivity index (χ2v) is 11.0. The molecule has 2 rings (SSSR count). The van der Waals surface area contributed by atoms with E-state index in [1.165, 1.54) is 23.1 Å². The number of methoxy groups -OCH3 is 1. The summed E-state index contributed by atoms with van der Waals surface area (Å²) >= 11 is 12.1. The smallest absolute Gasteiger partial charge is 0.244 e. The minimum atomic E-state index is -3.86. The van der Waals surface area contributed by atoms with Crippen LogP contribution in [0.2, 0.25) is 10.0 Å². The van der Waals surface area contributed by atoms with E-state index in [1.807, 2.05) is 13.8 Å². The van der Waals surface area contributed by atoms with Crippen LogP contribution < -0.4 is 14.4 Å². The molecule has 0 saturated carbocycles. The number of rotatable bonds is 11. The molecule has 35 heavy (non-hydrogen) atoms. The summed E-state index contributed by atoms with van der Waals surface area (Å²) in [5.41, 5.74) is 0.944. The van der Waals surface area contributed by atoms with Crippen LogP contribution in [0, 0.1) is 0 Å². The number of ether oxygens (including phenoxy) is 1. The van der Waals surface area contributed by atoms with E-state index >= 15 is 0 Å². The normalized spacial score (nSPS) is 13.0. The van der Waals surface area contributed by atoms with Crippen molar-refractivity contribution in [1.29, 1.82) is 0 Å². The van der Waals surface area contributed by atoms with Gasteiger partial charge in [0.25, 0.3) is 0 Å². The fraction of sp³-hybridized carbons (Fsp3) is 0.417. The van der Waals surface area contributed by atoms with Gasteiger partial charge in [-0.05, 0) is 56.2 Å². The van der Waals surface area contributed by atoms with Crippen molar-refractivity contribution in [2.75, 3.05) is 24.2 Å². The lowest BCUT2D eigenvalue weighted by atomic mass is 10.1. The zero-order valence-corrected chi connectivity index (χ0v) is 22.7. The average molecular weight is 545 g/mol. The number of carbonyl (C=O) groups is 2. The van der Waals surface area contributed by atoms with Crippen molar-refractivity contribution in [3.05, 3.63) is 58.1 Å². The van der Waals surface area contributed by atoms with Gasteiger partial charge in [-0.15, -0.1) is 0 Å². The van der Waals surface area contributed by atoms with E-state index in [-0.39, 0.29) is 34.2 Å². The Morgan fingerprint density at radius 1 is 1.06 bits per heavy atom. The number of nitrogens with one attached hydrogen (secondary N) is 1. The molecule has 0 radical (unpaired) electrons. The molecule has 0 bridgehead atoms. The van der Waals surface area contributed by atoms with Gasteiger partial charge in [0.1, 0.15) is 18.3 Å². The molecule has 2 aromatic carbocycles. The van der Waals surface area contributed by atoms with Crippen LogP contribution in [-0.2, 0) is 26.2 Å². The highest BCUT2D eigenvalue weighted by molar-refractivity contribution is 7.92. The summed E-state index contributed by atoms with van der Waals surface area (Å²) in [7, 11) is -2.31. The lowest BCUT2D eigenvalue weighted by molar-refractivity contribution is -0.139. The van der Waals surface area contributed by atoms with Crippen molar-refractivity contribution in [1.82, 2.24) is 10.2 Å². The van der Waals surface area contributed by atoms with E-state index in [1.54, 1.807) is 38.3 Å². The van der Waals surface area contributed by atoms with E-state index in [4.69, 9.17) is 27.9 Å². The molecule has 2 amide bonds. The molecule has 8 nitrogen and oxygen atoms in total. The average Bonchev–Trinajstić information content (AvgIpc) is 2.81. The zero-order chi connectivity index (χ0) is 26.3. The lowest BCUT2D eigenvalue weighted by Crippen LogP contribution is -2.52. The summed E-state index contributed by atoms with van der Waals surface area (Å²) in [6.45, 7) is 5.00. The summed E-state index contributed by atoms with van der Waals surface area (Å²) in [6, 6.07) is 10.4. The second kappa shape index (κ2) is 12.5. The fourth-order valence-corrected chi connectivity index (χ4v) is 4.36. The molecular weight excluding hydrogens is 513 g/mol. The largest absolute Gasteiger partial charge is 0.497 e. The van der Waals surface area contributed by atoms with Crippen LogP contribution in [0.25, 0.3) is 0 Å². The third-order valence-corrected chi connectivity index (χ3v) is 7.43. The van der Waals surface area contributed by atoms with Crippen LogP contribution in [0.3, 0.4) is 0 Å². The van der Waals surface area contributed by atoms with E-state index < -0.39 is 28.5 Å². The van der Waals surface area contributed by atoms with Gasteiger partial charge >= 0.3 is 0 Å². The summed E-state index contributed by atoms with van der Waals surface area (Å²) in [6.07, 6.45) is 1.72. The topological polar surface area (TPSA) is 96.0 Å². The van der Waals surface area contributed by atoms with Gasteiger partial charge in [0.15, 0.2) is 0 Å². The van der Waals surface area contributed by atoms with Crippen molar-refractivity contribution >= 4 is 50.7 Å². The first kappa shape index (κ1) is 28.7. The van der Waals surface area contributed by atoms with E-state index in [0.717, 1.165) is 22.5 Å². The first-order valence-corrected chi connectivity index (χ1v) is 13.6. The maximum absolute atomic E-state index is 13.5. The molecule has 0 aliphatic heterocycles. The standard InChI is InChI=1S/C24H31Cl2N3O5S/c1-6-16(2)27-24(31)17(3)28(14-18-7-10-20(34-4)11-8-18)23(30)15-29(35(5,32)33)19-9-12-21(25)22(26)13-19/h7-13,16-17H,6,14-15H2,1-5H3,(H,27,31)/t16-,17-/m0/s1. The molecule has 1 N–H and O–H groups in total. The molecule has 11 heteroatoms. The van der Waals surface area contributed by atoms with Gasteiger partial charge in [-0.2, -0.15) is 0 Å². The van der Waals surface area contributed by atoms with E-state index in [0.29, 0.717) is 5.75 Å². The molecular formula is C24H31Cl2N3O5S. The first-order valence-electron chi connectivity index (χ1n) is 11.0. The van der Waals surface area contributed by atoms with E-state index in [2.05, 4.69) is 5.32 Å². The molecule has 2 aromatic rings. The number of hydrogen-bond acceptors (Lipinski definition) is 5. The minimum absolute atomic E-state index is 0.0772. The Morgan fingerprint density at radius 2 is 1.69 bits per heavy atom. The molecule has 0 aromatic heterocycles. The van der Waals surface area contributed by atoms with Gasteiger partial charge in [0.05, 0.1) is 29.1 Å². The van der Waals surface area contributed by atoms with E-state index in [9.17, 15) is 18.0 Å². The van der Waals surface area contributed by atoms with Crippen molar-refractivity contribution < 1.29 is 22.7 Å². The number of amides is 2. The van der Waals surface area contributed by atoms with Crippen molar-refractivity contribution in [3.8, 4) is 5.75 Å². The monoisotopic (exact) mass is 543 g/mol. The number of sulfonamides is 1. The second-order valence-electron chi connectivity index (χ2n) is 8.23. The SMILES string of the molecule is CC[C@H](C)NC(=O)[C@H](C)N(Cc1ccc(OC)cc1)C(=O)CN(c1ccc(Cl)c(Cl)c1)S(C)(=O)=O. The van der Waals surface area contributed by atoms with Crippen molar-refractivity contribution in [3.63, 3.8) is 0 Å². The quantitative estimate of drug-likeness (QED) is 0.460. The third-order valence-electron chi connectivity index (χ3n) is 5.55. The predicted molar refractivity (Wildman–Crippen MR) is 140 cm³/mol. The van der Waals surface area contributed by atoms with Crippen molar-refractivity contribution in [2.24, 2.45) is 0 Å². The van der Waals surface area contributed by atoms with Crippen LogP contribution in [-0.4, -0.2) is 57.1 Å². The predicted octanol–water partition coefficient (Wildman–Crippen LogP) is 4.10. The van der Waals surface area contributed by atoms with Crippen LogP contribution >= 0.6 is 23.2 Å². The third kappa shape index (κ3) is 8.02. The molecule has 0 aliphatic rings. The van der Waals surface area contributed by atoms with Crippen molar-refractivity contribution in [2.45, 2.75) is 45.8 Å². The minimum Gasteiger partial charge on any atom is -0.497 e. The van der Waals surface area contributed by atoms with Gasteiger partial charge in [-0.25, -0.2) is 8.42 Å². The van der Waals surface area contributed by atoms with Crippen LogP contribution in [0.4, 0.5) is 5.69 Å². The Morgan fingerprint density at radius 3 is 2.20 bits per heavy atom. The number of halogens is 2. The molecule has 0 spiro atoms. The maximum Gasteiger partial charge on any atom is 0.244 e. The lowest BCUT2D eigenvalue weighted by Gasteiger charge is -2.32. The Kier molecular flexibility index (Phi) is 10.2. The highest BCUT2D eigenvalue weighted by atomic mass is 35.5. The molecule has 0 aliphatic carbocycles. The van der Waals surface area contributed by atoms with Gasteiger partial charge in [0.2, 0.25) is 21.8 Å².